The maximum absolute atomic E-state index is 16.3. The number of hydrogen-bond acceptors (Lipinski definition) is 14. The summed E-state index contributed by atoms with van der Waals surface area (Å²) >= 11 is 0. The number of nitrogens with zero attached hydrogens (tertiary/aromatic N) is 7. The number of piperazine rings is 1. The molecular weight excluding hydrogens is 1060 g/mol. The first-order valence-electron chi connectivity index (χ1n) is 27.0. The van der Waals surface area contributed by atoms with E-state index in [1.165, 1.54) is 10.8 Å². The molecular formula is C57H66F3N9O10S. The number of amides is 3. The van der Waals surface area contributed by atoms with Gasteiger partial charge in [0.2, 0.25) is 17.6 Å². The zero-order valence-corrected chi connectivity index (χ0v) is 46.3. The lowest BCUT2D eigenvalue weighted by Crippen LogP contribution is -2.52. The van der Waals surface area contributed by atoms with Gasteiger partial charge in [-0.2, -0.15) is 12.7 Å². The predicted molar refractivity (Wildman–Crippen MR) is 292 cm³/mol. The van der Waals surface area contributed by atoms with Crippen LogP contribution in [0, 0.1) is 17.6 Å². The van der Waals surface area contributed by atoms with Gasteiger partial charge in [-0.3, -0.25) is 38.7 Å². The standard InChI is InChI=1S/C57H66F3N9O10S/c1-56(2,3)78-33-57(4,5)79-55(74)77-34-67-32-44(51(71)49-45(59)12-13-46(50(49)60)63-80(75,76)68-21-18-39(58)31-68)43-27-37(28-61-52(43)67)36-6-8-40(9-7-36)66-24-22-64(23-25-66)29-35-16-19-65(20-17-35)41-10-11-42-38(26-41)30-69(54(42)73)47-14-15-48(70)62-53(47)72/h6-13,26-28,32,35,39,47,63H,14-25,29-31,33-34H2,1-5H3,(H,62,70,72)/t39-,47?/m1/s1. The largest absolute Gasteiger partial charge is 0.510 e. The molecule has 19 nitrogen and oxygen atoms in total. The van der Waals surface area contributed by atoms with Crippen LogP contribution in [-0.4, -0.2) is 151 Å². The highest BCUT2D eigenvalue weighted by atomic mass is 32.2. The molecule has 426 valence electrons. The Morgan fingerprint density at radius 1 is 0.838 bits per heavy atom. The third-order valence-electron chi connectivity index (χ3n) is 15.4. The zero-order chi connectivity index (χ0) is 56.8. The maximum Gasteiger partial charge on any atom is 0.510 e. The molecule has 5 aliphatic heterocycles. The molecule has 10 rings (SSSR count). The summed E-state index contributed by atoms with van der Waals surface area (Å²) in [7, 11) is -4.47. The van der Waals surface area contributed by atoms with Crippen molar-refractivity contribution in [3.8, 4) is 11.1 Å². The summed E-state index contributed by atoms with van der Waals surface area (Å²) in [4.78, 5) is 78.4. The number of alkyl halides is 1. The minimum absolute atomic E-state index is 0.0439. The van der Waals surface area contributed by atoms with Gasteiger partial charge < -0.3 is 28.9 Å². The highest BCUT2D eigenvalue weighted by Gasteiger charge is 2.40. The first-order valence-corrected chi connectivity index (χ1v) is 28.5. The molecule has 0 bridgehead atoms. The molecule has 4 saturated heterocycles. The molecule has 1 unspecified atom stereocenters. The van der Waals surface area contributed by atoms with Gasteiger partial charge >= 0.3 is 16.4 Å². The van der Waals surface area contributed by atoms with Crippen molar-refractivity contribution < 1.29 is 59.8 Å². The normalized spacial score (nSPS) is 19.9. The summed E-state index contributed by atoms with van der Waals surface area (Å²) in [5.74, 6) is -4.26. The van der Waals surface area contributed by atoms with Crippen molar-refractivity contribution in [1.29, 1.82) is 0 Å². The van der Waals surface area contributed by atoms with Crippen molar-refractivity contribution >= 4 is 68.0 Å². The van der Waals surface area contributed by atoms with Gasteiger partial charge in [-0.05, 0) is 126 Å². The van der Waals surface area contributed by atoms with Gasteiger partial charge in [0, 0.05) is 112 Å². The SMILES string of the molecule is CC(C)(C)OCC(C)(C)OC(=O)OCn1cc(C(=O)c2c(F)ccc(NS(=O)(=O)N3CC[C@@H](F)C3)c2F)c2cc(-c3ccc(N4CCN(CC5CCN(c6ccc7c(c6)CN(C6CCC(=O)NC6=O)C7=O)CC5)CC4)cc3)cnc21. The van der Waals surface area contributed by atoms with Crippen LogP contribution < -0.4 is 19.8 Å². The van der Waals surface area contributed by atoms with Crippen LogP contribution in [0.3, 0.4) is 0 Å². The van der Waals surface area contributed by atoms with Crippen LogP contribution in [0.25, 0.3) is 22.2 Å². The second kappa shape index (κ2) is 22.5. The van der Waals surface area contributed by atoms with E-state index in [1.54, 1.807) is 31.0 Å². The average Bonchev–Trinajstić information content (AvgIpc) is 4.28. The number of pyridine rings is 1. The topological polar surface area (TPSA) is 205 Å². The quantitative estimate of drug-likeness (QED) is 0.0561. The molecule has 3 amide bonds. The Morgan fingerprint density at radius 3 is 2.24 bits per heavy atom. The lowest BCUT2D eigenvalue weighted by atomic mass is 9.95. The number of anilines is 3. The molecule has 3 aromatic carbocycles. The average molecular weight is 1130 g/mol. The van der Waals surface area contributed by atoms with Gasteiger partial charge in [0.1, 0.15) is 29.3 Å². The number of rotatable bonds is 16. The number of benzene rings is 3. The summed E-state index contributed by atoms with van der Waals surface area (Å²) in [6, 6.07) is 16.4. The van der Waals surface area contributed by atoms with Gasteiger partial charge in [0.25, 0.3) is 5.91 Å². The molecule has 0 saturated carbocycles. The Bertz CT molecular complexity index is 3340. The number of halogens is 3. The van der Waals surface area contributed by atoms with Gasteiger partial charge in [-0.25, -0.2) is 22.9 Å². The van der Waals surface area contributed by atoms with Crippen LogP contribution >= 0.6 is 0 Å². The molecule has 2 N–H and O–H groups in total. The minimum Gasteiger partial charge on any atom is -0.426 e. The Kier molecular flexibility index (Phi) is 15.8. The monoisotopic (exact) mass is 1130 g/mol. The summed E-state index contributed by atoms with van der Waals surface area (Å²) in [5, 5.41) is 2.52. The molecule has 0 aliphatic carbocycles. The van der Waals surface area contributed by atoms with Crippen molar-refractivity contribution in [2.75, 3.05) is 80.0 Å². The number of carbonyl (C=O) groups is 5. The molecule has 23 heteroatoms. The molecule has 0 radical (unpaired) electrons. The van der Waals surface area contributed by atoms with E-state index >= 15 is 8.78 Å². The van der Waals surface area contributed by atoms with Gasteiger partial charge in [-0.1, -0.05) is 12.1 Å². The highest BCUT2D eigenvalue weighted by Crippen LogP contribution is 2.35. The summed E-state index contributed by atoms with van der Waals surface area (Å²) in [6.45, 7) is 14.4. The van der Waals surface area contributed by atoms with Crippen LogP contribution in [-0.2, 0) is 47.3 Å². The third-order valence-corrected chi connectivity index (χ3v) is 16.9. The van der Waals surface area contributed by atoms with Crippen molar-refractivity contribution in [2.24, 2.45) is 5.92 Å². The van der Waals surface area contributed by atoms with Crippen LogP contribution in [0.5, 0.6) is 0 Å². The van der Waals surface area contributed by atoms with Crippen molar-refractivity contribution in [3.63, 3.8) is 0 Å². The smallest absolute Gasteiger partial charge is 0.426 e. The summed E-state index contributed by atoms with van der Waals surface area (Å²) < 4.78 is 93.1. The fourth-order valence-electron chi connectivity index (χ4n) is 11.0. The fourth-order valence-corrected chi connectivity index (χ4v) is 12.3. The first-order chi connectivity index (χ1) is 38.0. The van der Waals surface area contributed by atoms with Crippen molar-refractivity contribution in [2.45, 2.75) is 103 Å². The van der Waals surface area contributed by atoms with E-state index in [0.29, 0.717) is 30.0 Å². The van der Waals surface area contributed by atoms with Gasteiger partial charge in [0.15, 0.2) is 12.5 Å². The number of imide groups is 1. The molecule has 2 atom stereocenters. The van der Waals surface area contributed by atoms with E-state index < -0.39 is 87.6 Å². The molecule has 2 aromatic heterocycles. The van der Waals surface area contributed by atoms with E-state index in [2.05, 4.69) is 31.1 Å². The lowest BCUT2D eigenvalue weighted by Gasteiger charge is -2.40. The zero-order valence-electron chi connectivity index (χ0n) is 45.4. The first kappa shape index (κ1) is 56.2. The molecule has 4 fully saturated rings. The summed E-state index contributed by atoms with van der Waals surface area (Å²) in [5.41, 5.74) is 1.44. The van der Waals surface area contributed by atoms with Crippen LogP contribution in [0.15, 0.2) is 73.1 Å². The number of hydrogen-bond donors (Lipinski definition) is 2. The lowest BCUT2D eigenvalue weighted by molar-refractivity contribution is -0.136. The van der Waals surface area contributed by atoms with E-state index in [4.69, 9.17) is 14.2 Å². The molecule has 5 aliphatic rings. The molecule has 80 heavy (non-hydrogen) atoms. The fraction of sp³-hybridized carbons (Fsp3) is 0.474. The highest BCUT2D eigenvalue weighted by molar-refractivity contribution is 7.90. The Morgan fingerprint density at radius 2 is 1.55 bits per heavy atom. The molecule has 0 spiro atoms. The van der Waals surface area contributed by atoms with Crippen LogP contribution in [0.1, 0.15) is 98.6 Å². The number of nitrogens with one attached hydrogen (secondary N) is 2. The van der Waals surface area contributed by atoms with Crippen molar-refractivity contribution in [3.05, 3.63) is 107 Å². The number of ketones is 1. The van der Waals surface area contributed by atoms with E-state index in [9.17, 15) is 36.8 Å². The Balaban J connectivity index is 0.791. The number of carbonyl (C=O) groups excluding carboxylic acids is 5. The second-order valence-corrected chi connectivity index (χ2v) is 24.5. The van der Waals surface area contributed by atoms with Crippen LogP contribution in [0.2, 0.25) is 0 Å². The third kappa shape index (κ3) is 12.3. The summed E-state index contributed by atoms with van der Waals surface area (Å²) in [6.07, 6.45) is 2.92. The predicted octanol–water partition coefficient (Wildman–Crippen LogP) is 7.42. The molecule has 7 heterocycles. The van der Waals surface area contributed by atoms with Crippen LogP contribution in [0.4, 0.5) is 35.0 Å². The second-order valence-electron chi connectivity index (χ2n) is 22.9. The number of ether oxygens (including phenoxy) is 3. The Hall–Kier alpha value is -7.08. The maximum atomic E-state index is 16.3. The van der Waals surface area contributed by atoms with E-state index in [1.807, 2.05) is 61.9 Å². The van der Waals surface area contributed by atoms with Crippen molar-refractivity contribution in [1.82, 2.24) is 29.0 Å². The Labute approximate surface area is 462 Å². The van der Waals surface area contributed by atoms with Gasteiger partial charge in [-0.15, -0.1) is 0 Å². The number of fused-ring (bicyclic) bond motifs is 2. The number of piperidine rings is 2. The minimum atomic E-state index is -4.47. The van der Waals surface area contributed by atoms with E-state index in [0.717, 1.165) is 97.6 Å². The van der Waals surface area contributed by atoms with E-state index in [-0.39, 0.29) is 54.4 Å². The number of aromatic nitrogens is 2. The molecule has 5 aromatic rings. The van der Waals surface area contributed by atoms with Gasteiger partial charge in [0.05, 0.1) is 29.0 Å².